The van der Waals surface area contributed by atoms with Gasteiger partial charge in [0.05, 0.1) is 0 Å². The Hall–Kier alpha value is -2.96. The van der Waals surface area contributed by atoms with E-state index >= 15 is 0 Å². The predicted octanol–water partition coefficient (Wildman–Crippen LogP) is 3.39. The number of hydrogen-bond acceptors (Lipinski definition) is 5. The first kappa shape index (κ1) is 19.0. The highest BCUT2D eigenvalue weighted by Crippen LogP contribution is 2.57. The lowest BCUT2D eigenvalue weighted by Crippen LogP contribution is -2.70. The molecule has 2 atom stereocenters. The Morgan fingerprint density at radius 1 is 1.00 bits per heavy atom. The number of hydrogen-bond donors (Lipinski definition) is 2. The Morgan fingerprint density at radius 3 is 2.40 bits per heavy atom. The summed E-state index contributed by atoms with van der Waals surface area (Å²) in [5.74, 6) is 1.15. The van der Waals surface area contributed by atoms with E-state index in [2.05, 4.69) is 20.6 Å². The highest BCUT2D eigenvalue weighted by molar-refractivity contribution is 5.92. The highest BCUT2D eigenvalue weighted by atomic mass is 16.6. The molecule has 4 saturated carbocycles. The van der Waals surface area contributed by atoms with E-state index in [9.17, 15) is 9.59 Å². The number of aryl methyl sites for hydroxylation is 1. The molecule has 0 saturated heterocycles. The fourth-order valence-electron chi connectivity index (χ4n) is 6.27. The molecule has 2 unspecified atom stereocenters. The number of amides is 2. The van der Waals surface area contributed by atoms with Crippen molar-refractivity contribution >= 4 is 12.0 Å². The molecular weight excluding hydrogens is 380 g/mol. The Labute approximate surface area is 175 Å². The summed E-state index contributed by atoms with van der Waals surface area (Å²) in [4.78, 5) is 34.0. The van der Waals surface area contributed by atoms with Crippen LogP contribution in [0.4, 0.5) is 4.79 Å². The Bertz CT molecular complexity index is 963. The van der Waals surface area contributed by atoms with E-state index in [1.54, 1.807) is 24.4 Å². The van der Waals surface area contributed by atoms with Gasteiger partial charge in [0.1, 0.15) is 5.69 Å². The summed E-state index contributed by atoms with van der Waals surface area (Å²) in [7, 11) is 0. The third-order valence-electron chi connectivity index (χ3n) is 6.76. The number of ether oxygens (including phenoxy) is 1. The van der Waals surface area contributed by atoms with E-state index in [1.807, 2.05) is 25.1 Å². The van der Waals surface area contributed by atoms with Crippen molar-refractivity contribution in [1.82, 2.24) is 20.6 Å². The van der Waals surface area contributed by atoms with Crippen LogP contribution in [0.3, 0.4) is 0 Å². The van der Waals surface area contributed by atoms with Gasteiger partial charge in [-0.05, 0) is 75.5 Å². The summed E-state index contributed by atoms with van der Waals surface area (Å²) in [5, 5.41) is 6.45. The first-order valence-electron chi connectivity index (χ1n) is 10.6. The summed E-state index contributed by atoms with van der Waals surface area (Å²) in [5.41, 5.74) is 0.585. The first-order valence-corrected chi connectivity index (χ1v) is 10.6. The molecule has 4 bridgehead atoms. The minimum Gasteiger partial charge on any atom is -0.391 e. The van der Waals surface area contributed by atoms with Crippen LogP contribution in [0.25, 0.3) is 0 Å². The quantitative estimate of drug-likeness (QED) is 0.812. The summed E-state index contributed by atoms with van der Waals surface area (Å²) >= 11 is 0. The molecular formula is C23H26N4O3. The van der Waals surface area contributed by atoms with Crippen LogP contribution in [0.2, 0.25) is 0 Å². The first-order chi connectivity index (χ1) is 14.4. The van der Waals surface area contributed by atoms with Crippen LogP contribution in [0, 0.1) is 18.8 Å². The van der Waals surface area contributed by atoms with E-state index in [0.29, 0.717) is 23.4 Å². The topological polar surface area (TPSA) is 93.2 Å². The van der Waals surface area contributed by atoms with Gasteiger partial charge < -0.3 is 15.4 Å². The molecule has 30 heavy (non-hydrogen) atoms. The van der Waals surface area contributed by atoms with Crippen LogP contribution in [0.5, 0.6) is 5.88 Å². The molecule has 156 valence electrons. The smallest absolute Gasteiger partial charge is 0.391 e. The highest BCUT2D eigenvalue weighted by Gasteiger charge is 2.59. The molecule has 0 spiro atoms. The number of nitrogens with one attached hydrogen (secondary N) is 2. The molecule has 2 aromatic rings. The number of pyridine rings is 2. The zero-order chi connectivity index (χ0) is 20.8. The fourth-order valence-corrected chi connectivity index (χ4v) is 6.27. The number of carbonyl (C=O) groups excluding carboxylic acids is 2. The molecule has 4 aliphatic carbocycles. The fraction of sp³-hybridized carbons (Fsp3) is 0.478. The van der Waals surface area contributed by atoms with Crippen molar-refractivity contribution in [2.45, 2.75) is 56.5 Å². The van der Waals surface area contributed by atoms with Gasteiger partial charge in [0.15, 0.2) is 0 Å². The average molecular weight is 406 g/mol. The van der Waals surface area contributed by atoms with Gasteiger partial charge in [-0.25, -0.2) is 9.78 Å². The molecule has 6 rings (SSSR count). The lowest BCUT2D eigenvalue weighted by molar-refractivity contribution is -0.0450. The van der Waals surface area contributed by atoms with Crippen LogP contribution >= 0.6 is 0 Å². The minimum absolute atomic E-state index is 0.140. The van der Waals surface area contributed by atoms with Gasteiger partial charge in [-0.3, -0.25) is 9.78 Å². The van der Waals surface area contributed by atoms with E-state index in [-0.39, 0.29) is 17.0 Å². The van der Waals surface area contributed by atoms with Crippen LogP contribution < -0.4 is 15.4 Å². The number of carbonyl (C=O) groups is 2. The lowest BCUT2D eigenvalue weighted by Gasteiger charge is -2.61. The van der Waals surface area contributed by atoms with Crippen molar-refractivity contribution in [2.24, 2.45) is 11.8 Å². The van der Waals surface area contributed by atoms with Crippen molar-refractivity contribution < 1.29 is 14.3 Å². The molecule has 0 aromatic carbocycles. The van der Waals surface area contributed by atoms with Crippen LogP contribution in [-0.4, -0.2) is 33.0 Å². The van der Waals surface area contributed by atoms with Gasteiger partial charge in [-0.1, -0.05) is 12.1 Å². The summed E-state index contributed by atoms with van der Waals surface area (Å²) in [6, 6.07) is 10.7. The van der Waals surface area contributed by atoms with Gasteiger partial charge in [-0.2, -0.15) is 0 Å². The molecule has 2 heterocycles. The van der Waals surface area contributed by atoms with E-state index in [4.69, 9.17) is 4.74 Å². The zero-order valence-electron chi connectivity index (χ0n) is 17.1. The van der Waals surface area contributed by atoms with Crippen molar-refractivity contribution in [3.8, 4) is 5.88 Å². The summed E-state index contributed by atoms with van der Waals surface area (Å²) in [6.07, 6.45) is 6.83. The zero-order valence-corrected chi connectivity index (χ0v) is 17.1. The summed E-state index contributed by atoms with van der Waals surface area (Å²) < 4.78 is 5.46. The normalized spacial score (nSPS) is 31.2. The van der Waals surface area contributed by atoms with E-state index in [0.717, 1.165) is 37.8 Å². The molecule has 2 N–H and O–H groups in total. The predicted molar refractivity (Wildman–Crippen MR) is 110 cm³/mol. The van der Waals surface area contributed by atoms with Crippen LogP contribution in [-0.2, 0) is 0 Å². The molecule has 0 radical (unpaired) electrons. The third kappa shape index (κ3) is 3.64. The van der Waals surface area contributed by atoms with E-state index < -0.39 is 6.09 Å². The standard InChI is InChI=1S/C23H26N4O3/c1-15-5-4-7-19(25-15)30-21(29)27-23-12-16-9-17(13-23)11-22(10-16,14-23)26-20(28)18-6-2-3-8-24-18/h2-8,16-17H,9-14H2,1H3,(H,26,28)(H,27,29). The third-order valence-corrected chi connectivity index (χ3v) is 6.76. The number of nitrogens with zero attached hydrogens (tertiary/aromatic N) is 2. The molecule has 2 aromatic heterocycles. The van der Waals surface area contributed by atoms with Gasteiger partial charge >= 0.3 is 6.09 Å². The Balaban J connectivity index is 1.32. The molecule has 4 fully saturated rings. The minimum atomic E-state index is -0.471. The maximum atomic E-state index is 12.8. The van der Waals surface area contributed by atoms with Crippen molar-refractivity contribution in [2.75, 3.05) is 0 Å². The number of rotatable bonds is 4. The largest absolute Gasteiger partial charge is 0.414 e. The van der Waals surface area contributed by atoms with Crippen LogP contribution in [0.1, 0.15) is 54.7 Å². The van der Waals surface area contributed by atoms with Crippen molar-refractivity contribution in [1.29, 1.82) is 0 Å². The molecule has 2 amide bonds. The second-order valence-electron chi connectivity index (χ2n) is 9.32. The van der Waals surface area contributed by atoms with Crippen LogP contribution in [0.15, 0.2) is 42.6 Å². The van der Waals surface area contributed by atoms with Gasteiger partial charge in [-0.15, -0.1) is 0 Å². The maximum absolute atomic E-state index is 12.8. The average Bonchev–Trinajstić information content (AvgIpc) is 2.66. The second-order valence-corrected chi connectivity index (χ2v) is 9.32. The molecule has 7 nitrogen and oxygen atoms in total. The van der Waals surface area contributed by atoms with Gasteiger partial charge in [0.25, 0.3) is 5.91 Å². The van der Waals surface area contributed by atoms with Crippen molar-refractivity contribution in [3.05, 3.63) is 54.0 Å². The van der Waals surface area contributed by atoms with Gasteiger partial charge in [0, 0.05) is 29.0 Å². The summed E-state index contributed by atoms with van der Waals surface area (Å²) in [6.45, 7) is 1.86. The van der Waals surface area contributed by atoms with E-state index in [1.165, 1.54) is 6.42 Å². The van der Waals surface area contributed by atoms with Gasteiger partial charge in [0.2, 0.25) is 5.88 Å². The number of aromatic nitrogens is 2. The second kappa shape index (κ2) is 7.07. The maximum Gasteiger partial charge on any atom is 0.414 e. The molecule has 0 aliphatic heterocycles. The van der Waals surface area contributed by atoms with Crippen molar-refractivity contribution in [3.63, 3.8) is 0 Å². The molecule has 4 aliphatic rings. The molecule has 7 heteroatoms. The lowest BCUT2D eigenvalue weighted by atomic mass is 9.50. The Kier molecular flexibility index (Phi) is 4.49. The Morgan fingerprint density at radius 2 is 1.73 bits per heavy atom. The SMILES string of the molecule is Cc1cccc(OC(=O)NC23CC4CC(C2)CC(NC(=O)c2ccccn2)(C4)C3)n1. The monoisotopic (exact) mass is 406 g/mol.